The number of benzene rings is 2. The number of halogens is 5. The molecular formula is C15H12BrCl2FIN. The molecule has 0 aliphatic heterocycles. The minimum Gasteiger partial charge on any atom is -0.306 e. The Bertz CT molecular complexity index is 666. The molecule has 1 atom stereocenters. The van der Waals surface area contributed by atoms with Gasteiger partial charge in [-0.25, -0.2) is 4.39 Å². The Hall–Kier alpha value is 0.120. The van der Waals surface area contributed by atoms with Crippen molar-refractivity contribution in [3.05, 3.63) is 65.4 Å². The van der Waals surface area contributed by atoms with E-state index in [0.717, 1.165) is 9.13 Å². The van der Waals surface area contributed by atoms with E-state index in [1.807, 2.05) is 25.1 Å². The van der Waals surface area contributed by atoms with Crippen LogP contribution in [0.15, 0.2) is 34.8 Å². The van der Waals surface area contributed by atoms with E-state index in [9.17, 15) is 4.39 Å². The van der Waals surface area contributed by atoms with Crippen LogP contribution in [0.2, 0.25) is 10.0 Å². The molecular weight excluding hydrogens is 491 g/mol. The average molecular weight is 503 g/mol. The van der Waals surface area contributed by atoms with Crippen LogP contribution >= 0.6 is 61.7 Å². The first kappa shape index (κ1) is 17.5. The fourth-order valence-electron chi connectivity index (χ4n) is 2.07. The summed E-state index contributed by atoms with van der Waals surface area (Å²) in [6.45, 7) is 2.67. The third kappa shape index (κ3) is 3.91. The van der Waals surface area contributed by atoms with Crippen LogP contribution in [0.5, 0.6) is 0 Å². The molecule has 0 aliphatic rings. The molecule has 2 aromatic rings. The Morgan fingerprint density at radius 3 is 2.62 bits per heavy atom. The molecule has 0 fully saturated rings. The van der Waals surface area contributed by atoms with E-state index in [1.54, 1.807) is 12.1 Å². The summed E-state index contributed by atoms with van der Waals surface area (Å²) >= 11 is 17.6. The van der Waals surface area contributed by atoms with E-state index in [2.05, 4.69) is 43.8 Å². The highest BCUT2D eigenvalue weighted by atomic mass is 127. The van der Waals surface area contributed by atoms with Crippen LogP contribution in [0.3, 0.4) is 0 Å². The third-order valence-corrected chi connectivity index (χ3v) is 5.89. The van der Waals surface area contributed by atoms with Gasteiger partial charge in [-0.2, -0.15) is 0 Å². The molecule has 1 N–H and O–H groups in total. The molecule has 1 nitrogen and oxygen atoms in total. The predicted octanol–water partition coefficient (Wildman–Crippen LogP) is 6.20. The van der Waals surface area contributed by atoms with Crippen LogP contribution < -0.4 is 5.32 Å². The van der Waals surface area contributed by atoms with Crippen LogP contribution in [0.1, 0.15) is 24.1 Å². The molecule has 0 aliphatic carbocycles. The molecule has 2 rings (SSSR count). The maximum Gasteiger partial charge on any atom is 0.148 e. The van der Waals surface area contributed by atoms with Gasteiger partial charge in [0.05, 0.1) is 16.1 Å². The zero-order valence-corrected chi connectivity index (χ0v) is 16.3. The van der Waals surface area contributed by atoms with Crippen molar-refractivity contribution < 1.29 is 4.39 Å². The first-order valence-electron chi connectivity index (χ1n) is 6.27. The number of hydrogen-bond acceptors (Lipinski definition) is 1. The summed E-state index contributed by atoms with van der Waals surface area (Å²) in [4.78, 5) is 0. The first-order chi connectivity index (χ1) is 9.95. The molecule has 6 heteroatoms. The van der Waals surface area contributed by atoms with Gasteiger partial charge in [-0.3, -0.25) is 0 Å². The van der Waals surface area contributed by atoms with E-state index in [-0.39, 0.29) is 11.1 Å². The molecule has 21 heavy (non-hydrogen) atoms. The van der Waals surface area contributed by atoms with Gasteiger partial charge >= 0.3 is 0 Å². The molecule has 0 saturated carbocycles. The minimum absolute atomic E-state index is 0.0898. The number of hydrogen-bond donors (Lipinski definition) is 1. The largest absolute Gasteiger partial charge is 0.306 e. The SMILES string of the molecule is CCNC(c1ccc(I)c(Cl)c1)c1ccc(Br)c(Cl)c1F. The van der Waals surface area contributed by atoms with Crippen LogP contribution in [0.25, 0.3) is 0 Å². The summed E-state index contributed by atoms with van der Waals surface area (Å²) in [5.41, 5.74) is 1.40. The van der Waals surface area contributed by atoms with Crippen LogP contribution in [0.4, 0.5) is 4.39 Å². The van der Waals surface area contributed by atoms with Gasteiger partial charge in [-0.05, 0) is 68.8 Å². The van der Waals surface area contributed by atoms with Crippen LogP contribution in [-0.4, -0.2) is 6.54 Å². The molecule has 2 aromatic carbocycles. The Morgan fingerprint density at radius 1 is 1.29 bits per heavy atom. The molecule has 0 saturated heterocycles. The Balaban J connectivity index is 2.53. The maximum absolute atomic E-state index is 14.5. The second-order valence-corrected chi connectivity index (χ2v) is 7.23. The second kappa shape index (κ2) is 7.59. The average Bonchev–Trinajstić information content (AvgIpc) is 2.46. The fourth-order valence-corrected chi connectivity index (χ4v) is 3.07. The lowest BCUT2D eigenvalue weighted by Gasteiger charge is -2.21. The monoisotopic (exact) mass is 501 g/mol. The zero-order chi connectivity index (χ0) is 15.6. The van der Waals surface area contributed by atoms with Gasteiger partial charge in [0, 0.05) is 13.6 Å². The molecule has 0 heterocycles. The van der Waals surface area contributed by atoms with Crippen molar-refractivity contribution in [3.63, 3.8) is 0 Å². The van der Waals surface area contributed by atoms with Gasteiger partial charge in [-0.15, -0.1) is 0 Å². The summed E-state index contributed by atoms with van der Waals surface area (Å²) in [6.07, 6.45) is 0. The highest BCUT2D eigenvalue weighted by Gasteiger charge is 2.20. The molecule has 0 radical (unpaired) electrons. The van der Waals surface area contributed by atoms with Crippen molar-refractivity contribution in [1.82, 2.24) is 5.32 Å². The molecule has 0 amide bonds. The van der Waals surface area contributed by atoms with Gasteiger partial charge in [-0.1, -0.05) is 42.3 Å². The lowest BCUT2D eigenvalue weighted by molar-refractivity contribution is 0.559. The Kier molecular flexibility index (Phi) is 6.32. The summed E-state index contributed by atoms with van der Waals surface area (Å²) in [5.74, 6) is -0.424. The zero-order valence-electron chi connectivity index (χ0n) is 11.1. The molecule has 1 unspecified atom stereocenters. The quantitative estimate of drug-likeness (QED) is 0.388. The summed E-state index contributed by atoms with van der Waals surface area (Å²) in [6, 6.07) is 8.89. The van der Waals surface area contributed by atoms with E-state index in [4.69, 9.17) is 23.2 Å². The predicted molar refractivity (Wildman–Crippen MR) is 98.8 cm³/mol. The van der Waals surface area contributed by atoms with Crippen LogP contribution in [-0.2, 0) is 0 Å². The second-order valence-electron chi connectivity index (χ2n) is 4.43. The van der Waals surface area contributed by atoms with E-state index >= 15 is 0 Å². The van der Waals surface area contributed by atoms with E-state index in [0.29, 0.717) is 21.6 Å². The van der Waals surface area contributed by atoms with E-state index < -0.39 is 5.82 Å². The smallest absolute Gasteiger partial charge is 0.148 e. The van der Waals surface area contributed by atoms with Gasteiger partial charge in [0.1, 0.15) is 5.82 Å². The standard InChI is InChI=1S/C15H12BrCl2FIN/c1-2-21-15(8-3-6-12(20)11(17)7-8)9-4-5-10(16)13(18)14(9)19/h3-7,15,21H,2H2,1H3. The van der Waals surface area contributed by atoms with Crippen molar-refractivity contribution in [1.29, 1.82) is 0 Å². The van der Waals surface area contributed by atoms with Gasteiger partial charge < -0.3 is 5.32 Å². The highest BCUT2D eigenvalue weighted by molar-refractivity contribution is 14.1. The fraction of sp³-hybridized carbons (Fsp3) is 0.200. The molecule has 0 bridgehead atoms. The lowest BCUT2D eigenvalue weighted by Crippen LogP contribution is -2.23. The Morgan fingerprint density at radius 2 is 2.00 bits per heavy atom. The summed E-state index contributed by atoms with van der Waals surface area (Å²) in [5, 5.41) is 4.02. The lowest BCUT2D eigenvalue weighted by atomic mass is 9.98. The number of rotatable bonds is 4. The Labute approximate surface area is 155 Å². The number of nitrogens with one attached hydrogen (secondary N) is 1. The van der Waals surface area contributed by atoms with Gasteiger partial charge in [0.2, 0.25) is 0 Å². The first-order valence-corrected chi connectivity index (χ1v) is 8.90. The molecule has 112 valence electrons. The van der Waals surface area contributed by atoms with Crippen molar-refractivity contribution in [2.45, 2.75) is 13.0 Å². The molecule has 0 aromatic heterocycles. The normalized spacial score (nSPS) is 12.5. The van der Waals surface area contributed by atoms with Crippen molar-refractivity contribution >= 4 is 61.7 Å². The molecule has 0 spiro atoms. The van der Waals surface area contributed by atoms with Gasteiger partial charge in [0.25, 0.3) is 0 Å². The highest BCUT2D eigenvalue weighted by Crippen LogP contribution is 2.34. The van der Waals surface area contributed by atoms with E-state index in [1.165, 1.54) is 0 Å². The maximum atomic E-state index is 14.5. The van der Waals surface area contributed by atoms with Gasteiger partial charge in [0.15, 0.2) is 0 Å². The van der Waals surface area contributed by atoms with Crippen molar-refractivity contribution in [2.24, 2.45) is 0 Å². The summed E-state index contributed by atoms with van der Waals surface area (Å²) < 4.78 is 16.0. The topological polar surface area (TPSA) is 12.0 Å². The third-order valence-electron chi connectivity index (χ3n) is 3.06. The van der Waals surface area contributed by atoms with Crippen LogP contribution in [0, 0.1) is 9.39 Å². The van der Waals surface area contributed by atoms with Crippen molar-refractivity contribution in [3.8, 4) is 0 Å². The van der Waals surface area contributed by atoms with Crippen molar-refractivity contribution in [2.75, 3.05) is 6.54 Å². The minimum atomic E-state index is -0.424. The summed E-state index contributed by atoms with van der Waals surface area (Å²) in [7, 11) is 0.